The average Bonchev–Trinajstić information content (AvgIpc) is 3.40. The molecule has 0 unspecified atom stereocenters. The Morgan fingerprint density at radius 3 is 2.55 bits per heavy atom. The molecule has 2 amide bonds. The maximum absolute atomic E-state index is 12.8. The van der Waals surface area contributed by atoms with Gasteiger partial charge in [-0.1, -0.05) is 18.2 Å². The van der Waals surface area contributed by atoms with Gasteiger partial charge in [0.05, 0.1) is 16.9 Å². The fourth-order valence-electron chi connectivity index (χ4n) is 2.87. The first-order valence-corrected chi connectivity index (χ1v) is 8.90. The molecule has 0 aliphatic carbocycles. The van der Waals surface area contributed by atoms with Gasteiger partial charge in [0.15, 0.2) is 0 Å². The molecule has 31 heavy (non-hydrogen) atoms. The van der Waals surface area contributed by atoms with Crippen LogP contribution in [0.1, 0.15) is 16.1 Å². The summed E-state index contributed by atoms with van der Waals surface area (Å²) in [6.45, 7) is 0. The molecule has 2 heterocycles. The van der Waals surface area contributed by atoms with Crippen LogP contribution in [0.15, 0.2) is 76.9 Å². The number of rotatable bonds is 5. The first-order chi connectivity index (χ1) is 14.9. The number of hydrogen-bond donors (Lipinski definition) is 1. The summed E-state index contributed by atoms with van der Waals surface area (Å²) in [5, 5.41) is 12.2. The fourth-order valence-corrected chi connectivity index (χ4v) is 2.87. The Bertz CT molecular complexity index is 1220. The molecule has 1 saturated heterocycles. The number of hydrazine groups is 1. The number of non-ortho nitro benzene ring substituents is 1. The van der Waals surface area contributed by atoms with Gasteiger partial charge < -0.3 is 9.15 Å². The van der Waals surface area contributed by atoms with E-state index in [0.717, 1.165) is 23.2 Å². The highest BCUT2D eigenvalue weighted by atomic mass is 16.6. The molecular weight excluding hydrogens is 406 g/mol. The molecule has 0 spiro atoms. The van der Waals surface area contributed by atoms with Gasteiger partial charge in [-0.05, 0) is 36.4 Å². The minimum Gasteiger partial charge on any atom is -0.457 e. The van der Waals surface area contributed by atoms with Crippen LogP contribution in [0.5, 0.6) is 5.75 Å². The van der Waals surface area contributed by atoms with Crippen molar-refractivity contribution in [2.45, 2.75) is 0 Å². The Morgan fingerprint density at radius 2 is 1.87 bits per heavy atom. The second kappa shape index (κ2) is 7.95. The van der Waals surface area contributed by atoms with Crippen molar-refractivity contribution in [1.82, 2.24) is 5.43 Å². The van der Waals surface area contributed by atoms with E-state index in [9.17, 15) is 24.5 Å². The van der Waals surface area contributed by atoms with Crippen molar-refractivity contribution in [3.05, 3.63) is 93.9 Å². The molecule has 0 radical (unpaired) electrons. The molecule has 0 saturated carbocycles. The number of nitro groups is 1. The highest BCUT2D eigenvalue weighted by molar-refractivity contribution is 6.31. The summed E-state index contributed by atoms with van der Waals surface area (Å²) in [4.78, 5) is 48.0. The van der Waals surface area contributed by atoms with Crippen molar-refractivity contribution in [3.8, 4) is 5.75 Å². The number of hydrogen-bond acceptors (Lipinski definition) is 7. The first-order valence-electron chi connectivity index (χ1n) is 8.90. The monoisotopic (exact) mass is 419 g/mol. The summed E-state index contributed by atoms with van der Waals surface area (Å²) in [6.07, 6.45) is 2.42. The zero-order chi connectivity index (χ0) is 22.0. The van der Waals surface area contributed by atoms with E-state index in [1.807, 2.05) is 0 Å². The number of nitro benzene ring substituents is 1. The number of furan rings is 1. The van der Waals surface area contributed by atoms with E-state index in [-0.39, 0.29) is 28.3 Å². The van der Waals surface area contributed by atoms with Crippen molar-refractivity contribution >= 4 is 35.2 Å². The van der Waals surface area contributed by atoms with Crippen LogP contribution >= 0.6 is 0 Å². The zero-order valence-electron chi connectivity index (χ0n) is 15.7. The molecule has 1 fully saturated rings. The number of anilines is 1. The maximum Gasteiger partial charge on any atom is 0.379 e. The smallest absolute Gasteiger partial charge is 0.379 e. The number of para-hydroxylation sites is 1. The van der Waals surface area contributed by atoms with Gasteiger partial charge in [-0.25, -0.2) is 9.80 Å². The molecule has 4 rings (SSSR count). The van der Waals surface area contributed by atoms with E-state index < -0.39 is 22.7 Å². The average molecular weight is 419 g/mol. The van der Waals surface area contributed by atoms with Crippen molar-refractivity contribution < 1.29 is 28.5 Å². The Hall–Kier alpha value is -4.73. The van der Waals surface area contributed by atoms with E-state index in [2.05, 4.69) is 5.43 Å². The first kappa shape index (κ1) is 19.6. The molecule has 3 aromatic rings. The number of nitrogens with one attached hydrogen (secondary N) is 1. The third kappa shape index (κ3) is 3.90. The van der Waals surface area contributed by atoms with Crippen molar-refractivity contribution in [2.24, 2.45) is 0 Å². The Morgan fingerprint density at radius 1 is 1.10 bits per heavy atom. The van der Waals surface area contributed by atoms with Crippen LogP contribution in [-0.2, 0) is 9.59 Å². The highest BCUT2D eigenvalue weighted by Crippen LogP contribution is 2.29. The van der Waals surface area contributed by atoms with Crippen LogP contribution in [-0.4, -0.2) is 22.7 Å². The molecule has 154 valence electrons. The predicted octanol–water partition coefficient (Wildman–Crippen LogP) is 2.87. The molecule has 0 bridgehead atoms. The number of benzene rings is 2. The number of carbonyl (C=O) groups excluding carboxylic acids is 3. The lowest BCUT2D eigenvalue weighted by atomic mass is 10.1. The van der Waals surface area contributed by atoms with Crippen LogP contribution in [0.4, 0.5) is 11.4 Å². The third-order valence-electron chi connectivity index (χ3n) is 4.33. The van der Waals surface area contributed by atoms with Gasteiger partial charge in [-0.2, -0.15) is 0 Å². The van der Waals surface area contributed by atoms with E-state index in [4.69, 9.17) is 9.15 Å². The van der Waals surface area contributed by atoms with E-state index in [0.29, 0.717) is 5.69 Å². The highest BCUT2D eigenvalue weighted by Gasteiger charge is 2.34. The lowest BCUT2D eigenvalue weighted by Crippen LogP contribution is -2.35. The topological polar surface area (TPSA) is 132 Å². The van der Waals surface area contributed by atoms with E-state index >= 15 is 0 Å². The minimum absolute atomic E-state index is 0.00233. The largest absolute Gasteiger partial charge is 0.457 e. The van der Waals surface area contributed by atoms with Gasteiger partial charge in [0.1, 0.15) is 11.3 Å². The second-order valence-corrected chi connectivity index (χ2v) is 6.32. The Balaban J connectivity index is 1.72. The summed E-state index contributed by atoms with van der Waals surface area (Å²) >= 11 is 0. The number of carbonyl (C=O) groups is 3. The predicted molar refractivity (Wildman–Crippen MR) is 107 cm³/mol. The molecule has 1 aromatic heterocycles. The van der Waals surface area contributed by atoms with Crippen molar-refractivity contribution in [2.75, 3.05) is 5.01 Å². The molecule has 1 aliphatic heterocycles. The van der Waals surface area contributed by atoms with Gasteiger partial charge in [0.2, 0.25) is 5.76 Å². The summed E-state index contributed by atoms with van der Waals surface area (Å²) in [5.74, 6) is -2.37. The van der Waals surface area contributed by atoms with Crippen LogP contribution < -0.4 is 15.2 Å². The van der Waals surface area contributed by atoms with Crippen LogP contribution in [0.3, 0.4) is 0 Å². The van der Waals surface area contributed by atoms with Crippen molar-refractivity contribution in [1.29, 1.82) is 0 Å². The van der Waals surface area contributed by atoms with Gasteiger partial charge in [-0.3, -0.25) is 25.1 Å². The van der Waals surface area contributed by atoms with E-state index in [1.165, 1.54) is 24.5 Å². The molecule has 10 nitrogen and oxygen atoms in total. The van der Waals surface area contributed by atoms with Gasteiger partial charge in [-0.15, -0.1) is 0 Å². The van der Waals surface area contributed by atoms with Crippen LogP contribution in [0.25, 0.3) is 6.08 Å². The number of amides is 2. The van der Waals surface area contributed by atoms with Gasteiger partial charge >= 0.3 is 5.97 Å². The molecule has 0 atom stereocenters. The number of nitrogens with zero attached hydrogens (tertiary/aromatic N) is 2. The summed E-state index contributed by atoms with van der Waals surface area (Å²) in [6, 6.07) is 14.7. The summed E-state index contributed by atoms with van der Waals surface area (Å²) in [5.41, 5.74) is 2.28. The number of esters is 1. The normalized spacial score (nSPS) is 14.6. The van der Waals surface area contributed by atoms with Gasteiger partial charge in [0.25, 0.3) is 17.5 Å². The van der Waals surface area contributed by atoms with Crippen LogP contribution in [0, 0.1) is 10.1 Å². The quantitative estimate of drug-likeness (QED) is 0.168. The van der Waals surface area contributed by atoms with Crippen LogP contribution in [0.2, 0.25) is 0 Å². The molecule has 10 heteroatoms. The Kier molecular flexibility index (Phi) is 5.02. The molecular formula is C21H13N3O7. The second-order valence-electron chi connectivity index (χ2n) is 6.32. The summed E-state index contributed by atoms with van der Waals surface area (Å²) < 4.78 is 10.2. The molecule has 1 aliphatic rings. The fraction of sp³-hybridized carbons (Fsp3) is 0. The molecule has 2 aromatic carbocycles. The Labute approximate surface area is 174 Å². The SMILES string of the molecule is O=C1NN(c2ccccc2)C(=O)C1=Cc1cc([N+](=O)[O-])ccc1OC(=O)c1ccco1. The summed E-state index contributed by atoms with van der Waals surface area (Å²) in [7, 11) is 0. The van der Waals surface area contributed by atoms with E-state index in [1.54, 1.807) is 30.3 Å². The maximum atomic E-state index is 12.8. The lowest BCUT2D eigenvalue weighted by Gasteiger charge is -2.13. The van der Waals surface area contributed by atoms with Gasteiger partial charge in [0, 0.05) is 17.7 Å². The zero-order valence-corrected chi connectivity index (χ0v) is 15.7. The van der Waals surface area contributed by atoms with Crippen molar-refractivity contribution in [3.63, 3.8) is 0 Å². The standard InChI is InChI=1S/C21H13N3O7/c25-19-16(20(26)23(22-19)14-5-2-1-3-6-14)12-13-11-15(24(28)29)8-9-17(13)31-21(27)18-7-4-10-30-18/h1-12H,(H,22,25). The minimum atomic E-state index is -0.841. The number of ether oxygens (including phenoxy) is 1. The third-order valence-corrected chi connectivity index (χ3v) is 4.33. The molecule has 1 N–H and O–H groups in total. The lowest BCUT2D eigenvalue weighted by molar-refractivity contribution is -0.384.